The Bertz CT molecular complexity index is 1200. The van der Waals surface area contributed by atoms with Gasteiger partial charge in [-0.3, -0.25) is 19.2 Å². The summed E-state index contributed by atoms with van der Waals surface area (Å²) in [5.74, 6) is -3.18. The van der Waals surface area contributed by atoms with Crippen molar-refractivity contribution in [3.63, 3.8) is 0 Å². The molecule has 2 N–H and O–H groups in total. The molecule has 3 fully saturated rings. The standard InChI is InChI=1S/C32H43N3O7/c1-6-8-14-24(37)41-20-22(21-12-10-9-11-13-21)33-28(38)25-23-15-16-32(42-23)26(25)29(39)34(18-19-36)27(32)30(40)35(17-7-2)31(3,4)5/h6-7,9-13,22-23,25-27,36H,1-2,8,14-20H2,3-5H3,(H,33,38)/t22-,23-,25+,26+,27-,32+/m0/s1. The number of allylic oxidation sites excluding steroid dienone is 1. The molecular weight excluding hydrogens is 538 g/mol. The second kappa shape index (κ2) is 12.8. The highest BCUT2D eigenvalue weighted by atomic mass is 16.5. The first kappa shape index (κ1) is 31.4. The van der Waals surface area contributed by atoms with Crippen LogP contribution < -0.4 is 5.32 Å². The third-order valence-electron chi connectivity index (χ3n) is 8.55. The molecule has 3 aliphatic heterocycles. The summed E-state index contributed by atoms with van der Waals surface area (Å²) in [6.45, 7) is 13.0. The highest BCUT2D eigenvalue weighted by Gasteiger charge is 2.74. The third kappa shape index (κ3) is 5.87. The van der Waals surface area contributed by atoms with E-state index in [4.69, 9.17) is 9.47 Å². The van der Waals surface area contributed by atoms with E-state index in [0.717, 1.165) is 5.56 Å². The summed E-state index contributed by atoms with van der Waals surface area (Å²) in [5, 5.41) is 12.9. The molecule has 6 atom stereocenters. The molecule has 2 bridgehead atoms. The number of benzene rings is 1. The first-order valence-corrected chi connectivity index (χ1v) is 14.6. The van der Waals surface area contributed by atoms with E-state index in [1.54, 1.807) is 17.1 Å². The summed E-state index contributed by atoms with van der Waals surface area (Å²) in [6, 6.07) is 7.56. The Morgan fingerprint density at radius 1 is 1.24 bits per heavy atom. The summed E-state index contributed by atoms with van der Waals surface area (Å²) in [4.78, 5) is 57.4. The number of aliphatic hydroxyl groups is 1. The number of rotatable bonds is 13. The number of hydrogen-bond donors (Lipinski definition) is 2. The Balaban J connectivity index is 1.62. The van der Waals surface area contributed by atoms with Crippen LogP contribution in [0.1, 0.15) is 58.1 Å². The lowest BCUT2D eigenvalue weighted by atomic mass is 9.70. The van der Waals surface area contributed by atoms with Crippen LogP contribution in [-0.2, 0) is 28.7 Å². The van der Waals surface area contributed by atoms with Crippen molar-refractivity contribution in [2.24, 2.45) is 11.8 Å². The van der Waals surface area contributed by atoms with E-state index in [2.05, 4.69) is 18.5 Å². The maximum absolute atomic E-state index is 14.2. The zero-order valence-corrected chi connectivity index (χ0v) is 24.8. The van der Waals surface area contributed by atoms with Gasteiger partial charge >= 0.3 is 5.97 Å². The quantitative estimate of drug-likeness (QED) is 0.271. The molecule has 1 aromatic rings. The number of amides is 3. The summed E-state index contributed by atoms with van der Waals surface area (Å²) in [6.07, 6.45) is 4.37. The minimum absolute atomic E-state index is 0.0464. The van der Waals surface area contributed by atoms with Crippen LogP contribution in [0.15, 0.2) is 55.6 Å². The van der Waals surface area contributed by atoms with Gasteiger partial charge in [0.1, 0.15) is 18.2 Å². The van der Waals surface area contributed by atoms with Crippen molar-refractivity contribution < 1.29 is 33.8 Å². The van der Waals surface area contributed by atoms with Crippen molar-refractivity contribution in [1.82, 2.24) is 15.1 Å². The lowest BCUT2D eigenvalue weighted by Crippen LogP contribution is -2.60. The molecule has 3 amide bonds. The second-order valence-corrected chi connectivity index (χ2v) is 12.2. The molecule has 3 heterocycles. The normalized spacial score (nSPS) is 26.9. The average Bonchev–Trinajstić information content (AvgIpc) is 3.60. The number of carbonyl (C=O) groups excluding carboxylic acids is 4. The van der Waals surface area contributed by atoms with Crippen molar-refractivity contribution in [3.05, 3.63) is 61.2 Å². The number of fused-ring (bicyclic) bond motifs is 1. The molecule has 228 valence electrons. The van der Waals surface area contributed by atoms with Gasteiger partial charge in [-0.1, -0.05) is 42.5 Å². The van der Waals surface area contributed by atoms with Gasteiger partial charge in [-0.15, -0.1) is 13.2 Å². The Hall–Kier alpha value is -3.50. The fourth-order valence-electron chi connectivity index (χ4n) is 6.69. The smallest absolute Gasteiger partial charge is 0.306 e. The number of nitrogens with zero attached hydrogens (tertiary/aromatic N) is 2. The van der Waals surface area contributed by atoms with Gasteiger partial charge in [-0.25, -0.2) is 0 Å². The van der Waals surface area contributed by atoms with Gasteiger partial charge in [0.25, 0.3) is 0 Å². The molecule has 3 aliphatic rings. The zero-order chi connectivity index (χ0) is 30.7. The van der Waals surface area contributed by atoms with Crippen LogP contribution in [0, 0.1) is 11.8 Å². The van der Waals surface area contributed by atoms with E-state index in [0.29, 0.717) is 19.3 Å². The fourth-order valence-corrected chi connectivity index (χ4v) is 6.69. The monoisotopic (exact) mass is 581 g/mol. The van der Waals surface area contributed by atoms with Crippen molar-refractivity contribution in [2.45, 2.75) is 75.8 Å². The number of β-amino-alcohol motifs (C(OH)–C–C–N with tert-alkyl or cyclic N) is 1. The van der Waals surface area contributed by atoms with E-state index < -0.39 is 53.0 Å². The minimum atomic E-state index is -1.18. The number of ether oxygens (including phenoxy) is 2. The van der Waals surface area contributed by atoms with E-state index >= 15 is 0 Å². The highest BCUT2D eigenvalue weighted by Crippen LogP contribution is 2.58. The Morgan fingerprint density at radius 2 is 1.95 bits per heavy atom. The van der Waals surface area contributed by atoms with Gasteiger partial charge in [0.05, 0.1) is 30.6 Å². The molecule has 10 nitrogen and oxygen atoms in total. The number of aliphatic hydroxyl groups excluding tert-OH is 1. The molecule has 0 unspecified atom stereocenters. The molecule has 1 spiro atoms. The largest absolute Gasteiger partial charge is 0.463 e. The first-order chi connectivity index (χ1) is 20.0. The van der Waals surface area contributed by atoms with Crippen LogP contribution in [0.4, 0.5) is 0 Å². The van der Waals surface area contributed by atoms with Crippen molar-refractivity contribution >= 4 is 23.7 Å². The van der Waals surface area contributed by atoms with Crippen LogP contribution in [0.5, 0.6) is 0 Å². The lowest BCUT2D eigenvalue weighted by molar-refractivity contribution is -0.152. The maximum Gasteiger partial charge on any atom is 0.306 e. The molecule has 0 radical (unpaired) electrons. The molecular formula is C32H43N3O7. The molecule has 0 saturated carbocycles. The predicted octanol–water partition coefficient (Wildman–Crippen LogP) is 2.53. The van der Waals surface area contributed by atoms with Gasteiger partial charge in [-0.2, -0.15) is 0 Å². The van der Waals surface area contributed by atoms with Crippen LogP contribution >= 0.6 is 0 Å². The van der Waals surface area contributed by atoms with Gasteiger partial charge in [0.15, 0.2) is 0 Å². The number of carbonyl (C=O) groups is 4. The molecule has 0 aromatic heterocycles. The van der Waals surface area contributed by atoms with Gasteiger partial charge in [-0.05, 0) is 45.6 Å². The summed E-state index contributed by atoms with van der Waals surface area (Å²) in [7, 11) is 0. The van der Waals surface area contributed by atoms with E-state index in [9.17, 15) is 24.3 Å². The number of nitrogens with one attached hydrogen (secondary N) is 1. The predicted molar refractivity (Wildman–Crippen MR) is 156 cm³/mol. The second-order valence-electron chi connectivity index (χ2n) is 12.2. The summed E-state index contributed by atoms with van der Waals surface area (Å²) < 4.78 is 12.0. The maximum atomic E-state index is 14.2. The van der Waals surface area contributed by atoms with Crippen LogP contribution in [-0.4, -0.2) is 88.2 Å². The van der Waals surface area contributed by atoms with Gasteiger partial charge in [0.2, 0.25) is 17.7 Å². The van der Waals surface area contributed by atoms with Crippen LogP contribution in [0.2, 0.25) is 0 Å². The van der Waals surface area contributed by atoms with Crippen LogP contribution in [0.25, 0.3) is 0 Å². The van der Waals surface area contributed by atoms with E-state index in [1.807, 2.05) is 51.1 Å². The van der Waals surface area contributed by atoms with Crippen LogP contribution in [0.3, 0.4) is 0 Å². The van der Waals surface area contributed by atoms with Gasteiger partial charge < -0.3 is 29.7 Å². The fraction of sp³-hybridized carbons (Fsp3) is 0.562. The SMILES string of the molecule is C=CCCC(=O)OC[C@H](NC(=O)[C@@H]1[C@@H]2CC[C@]3(O2)[C@H](C(=O)N(CC=C)C(C)(C)C)N(CCO)C(=O)[C@@H]13)c1ccccc1. The Kier molecular flexibility index (Phi) is 9.57. The van der Waals surface area contributed by atoms with E-state index in [-0.39, 0.29) is 44.5 Å². The summed E-state index contributed by atoms with van der Waals surface area (Å²) >= 11 is 0. The molecule has 4 rings (SSSR count). The molecule has 10 heteroatoms. The Labute approximate surface area is 247 Å². The van der Waals surface area contributed by atoms with Crippen molar-refractivity contribution in [3.8, 4) is 0 Å². The topological polar surface area (TPSA) is 125 Å². The van der Waals surface area contributed by atoms with E-state index in [1.165, 1.54) is 4.90 Å². The minimum Gasteiger partial charge on any atom is -0.463 e. The average molecular weight is 582 g/mol. The zero-order valence-electron chi connectivity index (χ0n) is 24.8. The first-order valence-electron chi connectivity index (χ1n) is 14.6. The number of esters is 1. The van der Waals surface area contributed by atoms with Crippen molar-refractivity contribution in [2.75, 3.05) is 26.3 Å². The number of likely N-dealkylation sites (tertiary alicyclic amines) is 1. The van der Waals surface area contributed by atoms with Crippen molar-refractivity contribution in [1.29, 1.82) is 0 Å². The highest BCUT2D eigenvalue weighted by molar-refractivity contribution is 5.99. The number of hydrogen-bond acceptors (Lipinski definition) is 7. The third-order valence-corrected chi connectivity index (χ3v) is 8.55. The van der Waals surface area contributed by atoms with Gasteiger partial charge in [0, 0.05) is 25.0 Å². The molecule has 42 heavy (non-hydrogen) atoms. The molecule has 1 aromatic carbocycles. The summed E-state index contributed by atoms with van der Waals surface area (Å²) in [5.41, 5.74) is -0.993. The molecule has 3 saturated heterocycles. The Morgan fingerprint density at radius 3 is 2.57 bits per heavy atom. The lowest BCUT2D eigenvalue weighted by Gasteiger charge is -2.41. The molecule has 0 aliphatic carbocycles.